The van der Waals surface area contributed by atoms with Gasteiger partial charge < -0.3 is 10.4 Å². The third kappa shape index (κ3) is 2.76. The van der Waals surface area contributed by atoms with E-state index >= 15 is 0 Å². The molecule has 0 saturated heterocycles. The summed E-state index contributed by atoms with van der Waals surface area (Å²) < 4.78 is 13.4. The molecule has 0 radical (unpaired) electrons. The monoisotopic (exact) mass is 280 g/mol. The van der Waals surface area contributed by atoms with Crippen molar-refractivity contribution in [3.63, 3.8) is 0 Å². The zero-order valence-electron chi connectivity index (χ0n) is 10.7. The number of halogens is 1. The summed E-state index contributed by atoms with van der Waals surface area (Å²) >= 11 is 0. The summed E-state index contributed by atoms with van der Waals surface area (Å²) in [5.41, 5.74) is 0.115. The van der Waals surface area contributed by atoms with E-state index in [0.29, 0.717) is 6.42 Å². The van der Waals surface area contributed by atoms with E-state index < -0.39 is 22.6 Å². The van der Waals surface area contributed by atoms with E-state index in [2.05, 4.69) is 5.32 Å². The Morgan fingerprint density at radius 2 is 2.20 bits per heavy atom. The van der Waals surface area contributed by atoms with Crippen LogP contribution in [-0.2, 0) is 4.79 Å². The maximum absolute atomic E-state index is 13.4. The van der Waals surface area contributed by atoms with Gasteiger partial charge in [0.15, 0.2) is 0 Å². The van der Waals surface area contributed by atoms with E-state index in [0.717, 1.165) is 6.07 Å². The van der Waals surface area contributed by atoms with Gasteiger partial charge in [-0.15, -0.1) is 0 Å². The smallest absolute Gasteiger partial charge is 0.310 e. The van der Waals surface area contributed by atoms with Crippen molar-refractivity contribution in [1.29, 1.82) is 0 Å². The lowest BCUT2D eigenvalue weighted by molar-refractivity contribution is -0.384. The van der Waals surface area contributed by atoms with Gasteiger partial charge in [0.1, 0.15) is 11.5 Å². The molecule has 2 unspecified atom stereocenters. The zero-order valence-corrected chi connectivity index (χ0v) is 10.7. The van der Waals surface area contributed by atoms with Crippen LogP contribution in [0.5, 0.6) is 0 Å². The van der Waals surface area contributed by atoms with Crippen LogP contribution < -0.4 is 5.32 Å². The number of carboxylic acids is 1. The van der Waals surface area contributed by atoms with Gasteiger partial charge in [0.05, 0.1) is 16.9 Å². The minimum atomic E-state index is -0.935. The summed E-state index contributed by atoms with van der Waals surface area (Å²) in [5.74, 6) is -2.18. The summed E-state index contributed by atoms with van der Waals surface area (Å²) in [7, 11) is 0. The fraction of sp³-hybridized carbons (Fsp3) is 0.308. The number of benzene rings is 1. The minimum Gasteiger partial charge on any atom is -0.481 e. The Labute approximate surface area is 114 Å². The maximum Gasteiger partial charge on any atom is 0.310 e. The van der Waals surface area contributed by atoms with Crippen LogP contribution in [0.15, 0.2) is 24.3 Å². The van der Waals surface area contributed by atoms with E-state index in [-0.39, 0.29) is 23.0 Å². The minimum absolute atomic E-state index is 0.189. The number of anilines is 1. The van der Waals surface area contributed by atoms with Gasteiger partial charge in [-0.05, 0) is 25.0 Å². The first-order valence-electron chi connectivity index (χ1n) is 6.00. The highest BCUT2D eigenvalue weighted by Gasteiger charge is 2.26. The van der Waals surface area contributed by atoms with Crippen LogP contribution in [0.3, 0.4) is 0 Å². The van der Waals surface area contributed by atoms with E-state index in [1.165, 1.54) is 13.0 Å². The van der Waals surface area contributed by atoms with Gasteiger partial charge in [0.25, 0.3) is 5.69 Å². The second kappa shape index (κ2) is 5.28. The van der Waals surface area contributed by atoms with Gasteiger partial charge in [0.2, 0.25) is 0 Å². The Balaban J connectivity index is 2.22. The Hall–Kier alpha value is -2.44. The molecule has 0 heterocycles. The van der Waals surface area contributed by atoms with Gasteiger partial charge >= 0.3 is 5.97 Å². The lowest BCUT2D eigenvalue weighted by Gasteiger charge is -2.14. The number of carbonyl (C=O) groups is 1. The molecule has 2 rings (SSSR count). The number of nitrogens with zero attached hydrogens (tertiary/aromatic N) is 1. The van der Waals surface area contributed by atoms with Crippen LogP contribution in [-0.4, -0.2) is 22.0 Å². The number of nitro benzene ring substituents is 1. The quantitative estimate of drug-likeness (QED) is 0.502. The Morgan fingerprint density at radius 3 is 2.75 bits per heavy atom. The second-order valence-electron chi connectivity index (χ2n) is 4.69. The first-order valence-corrected chi connectivity index (χ1v) is 6.00. The highest BCUT2D eigenvalue weighted by Crippen LogP contribution is 2.30. The lowest BCUT2D eigenvalue weighted by Crippen LogP contribution is -2.19. The largest absolute Gasteiger partial charge is 0.481 e. The number of hydrogen-bond donors (Lipinski definition) is 2. The molecule has 0 spiro atoms. The molecule has 0 bridgehead atoms. The SMILES string of the molecule is Cc1cc(NC2C=CC(C(=O)O)C2)c([N+](=O)[O-])cc1F. The van der Waals surface area contributed by atoms with Crippen molar-refractivity contribution in [2.75, 3.05) is 5.32 Å². The van der Waals surface area contributed by atoms with Gasteiger partial charge in [0, 0.05) is 6.04 Å². The number of aryl methyl sites for hydroxylation is 1. The third-order valence-corrected chi connectivity index (χ3v) is 3.22. The van der Waals surface area contributed by atoms with Gasteiger partial charge in [-0.2, -0.15) is 0 Å². The first-order chi connectivity index (χ1) is 9.38. The summed E-state index contributed by atoms with van der Waals surface area (Å²) in [4.78, 5) is 21.1. The Morgan fingerprint density at radius 1 is 1.50 bits per heavy atom. The Kier molecular flexibility index (Phi) is 3.69. The van der Waals surface area contributed by atoms with E-state index in [9.17, 15) is 19.3 Å². The molecular weight excluding hydrogens is 267 g/mol. The third-order valence-electron chi connectivity index (χ3n) is 3.22. The molecule has 7 heteroatoms. The second-order valence-corrected chi connectivity index (χ2v) is 4.69. The van der Waals surface area contributed by atoms with E-state index in [4.69, 9.17) is 5.11 Å². The normalized spacial score (nSPS) is 20.9. The lowest BCUT2D eigenvalue weighted by atomic mass is 10.1. The number of aliphatic carboxylic acids is 1. The highest BCUT2D eigenvalue weighted by atomic mass is 19.1. The van der Waals surface area contributed by atoms with Crippen LogP contribution in [0, 0.1) is 28.8 Å². The summed E-state index contributed by atoms with van der Waals surface area (Å²) in [6, 6.07) is 1.90. The van der Waals surface area contributed by atoms with Crippen molar-refractivity contribution in [2.24, 2.45) is 5.92 Å². The number of nitro groups is 1. The van der Waals surface area contributed by atoms with Gasteiger partial charge in [-0.3, -0.25) is 14.9 Å². The summed E-state index contributed by atoms with van der Waals surface area (Å²) in [5, 5.41) is 22.7. The van der Waals surface area contributed by atoms with Crippen molar-refractivity contribution in [3.05, 3.63) is 45.8 Å². The molecule has 0 saturated carbocycles. The maximum atomic E-state index is 13.4. The van der Waals surface area contributed by atoms with Gasteiger partial charge in [-0.1, -0.05) is 12.2 Å². The fourth-order valence-electron chi connectivity index (χ4n) is 2.13. The average Bonchev–Trinajstić information content (AvgIpc) is 2.82. The van der Waals surface area contributed by atoms with Crippen molar-refractivity contribution in [1.82, 2.24) is 0 Å². The summed E-state index contributed by atoms with van der Waals surface area (Å²) in [6.07, 6.45) is 3.51. The predicted octanol–water partition coefficient (Wildman–Crippen LogP) is 2.48. The standard InChI is InChI=1S/C13H13FN2O4/c1-7-4-11(12(16(19)20)6-10(7)14)15-9-3-2-8(5-9)13(17)18/h2-4,6,8-9,15H,5H2,1H3,(H,17,18). The predicted molar refractivity (Wildman–Crippen MR) is 70.1 cm³/mol. The number of hydrogen-bond acceptors (Lipinski definition) is 4. The summed E-state index contributed by atoms with van der Waals surface area (Å²) in [6.45, 7) is 1.51. The molecule has 0 aliphatic heterocycles. The van der Waals surface area contributed by atoms with E-state index in [1.54, 1.807) is 12.2 Å². The zero-order chi connectivity index (χ0) is 14.9. The molecule has 1 aliphatic rings. The molecule has 0 fully saturated rings. The molecule has 106 valence electrons. The molecular formula is C13H13FN2O4. The van der Waals surface area contributed by atoms with Crippen molar-refractivity contribution >= 4 is 17.3 Å². The Bertz CT molecular complexity index is 600. The van der Waals surface area contributed by atoms with Crippen LogP contribution in [0.4, 0.5) is 15.8 Å². The number of rotatable bonds is 4. The molecule has 2 atom stereocenters. The molecule has 1 aromatic rings. The van der Waals surface area contributed by atoms with Crippen LogP contribution >= 0.6 is 0 Å². The van der Waals surface area contributed by atoms with Crippen molar-refractivity contribution in [3.8, 4) is 0 Å². The molecule has 20 heavy (non-hydrogen) atoms. The number of nitrogens with one attached hydrogen (secondary N) is 1. The molecule has 2 N–H and O–H groups in total. The molecule has 1 aromatic carbocycles. The topological polar surface area (TPSA) is 92.5 Å². The van der Waals surface area contributed by atoms with Crippen LogP contribution in [0.25, 0.3) is 0 Å². The highest BCUT2D eigenvalue weighted by molar-refractivity contribution is 5.73. The molecule has 1 aliphatic carbocycles. The van der Waals surface area contributed by atoms with Crippen LogP contribution in [0.1, 0.15) is 12.0 Å². The van der Waals surface area contributed by atoms with Crippen molar-refractivity contribution < 1.29 is 19.2 Å². The van der Waals surface area contributed by atoms with E-state index in [1.807, 2.05) is 0 Å². The molecule has 0 aromatic heterocycles. The average molecular weight is 280 g/mol. The fourth-order valence-corrected chi connectivity index (χ4v) is 2.13. The first kappa shape index (κ1) is 14.0. The van der Waals surface area contributed by atoms with Crippen molar-refractivity contribution in [2.45, 2.75) is 19.4 Å². The van der Waals surface area contributed by atoms with Gasteiger partial charge in [-0.25, -0.2) is 4.39 Å². The van der Waals surface area contributed by atoms with Crippen LogP contribution in [0.2, 0.25) is 0 Å². The molecule has 6 nitrogen and oxygen atoms in total. The number of carboxylic acid groups (broad SMARTS) is 1. The molecule has 0 amide bonds.